The number of nitrogens with one attached hydrogen (secondary N) is 3. The Bertz CT molecular complexity index is 1340. The minimum Gasteiger partial charge on any atom is -0.329 e. The molecule has 0 aliphatic carbocycles. The van der Waals surface area contributed by atoms with E-state index in [1.54, 1.807) is 18.2 Å². The van der Waals surface area contributed by atoms with E-state index in [1.165, 1.54) is 30.5 Å². The molecule has 1 aliphatic heterocycles. The van der Waals surface area contributed by atoms with Crippen LogP contribution in [0.3, 0.4) is 0 Å². The first-order valence-corrected chi connectivity index (χ1v) is 12.9. The van der Waals surface area contributed by atoms with E-state index in [0.717, 1.165) is 0 Å². The van der Waals surface area contributed by atoms with Gasteiger partial charge in [-0.2, -0.15) is 0 Å². The number of H-pyrrole nitrogens is 1. The Morgan fingerprint density at radius 2 is 1.86 bits per heavy atom. The zero-order chi connectivity index (χ0) is 27.0. The highest BCUT2D eigenvalue weighted by molar-refractivity contribution is 6.31. The zero-order valence-electron chi connectivity index (χ0n) is 20.9. The standard InChI is InChI=1S/C28H31Cl2FN4O2/c1-27(2,3)13-22-28(15-32,19-12-16(29)8-10-21(19)31)24(18-6-4-5-7-20(18)30)25(35-22)26(37)34-17-9-11-23(36)33-14-17/h4-12,14,22,24-25,35H,13,15,32H2,1-3H3,(H,33,36)(H,34,37)/t22-,24-,25+,28-/m0/s1. The van der Waals surface area contributed by atoms with Gasteiger partial charge >= 0.3 is 0 Å². The minimum absolute atomic E-state index is 0.0380. The van der Waals surface area contributed by atoms with Gasteiger partial charge in [-0.05, 0) is 53.3 Å². The van der Waals surface area contributed by atoms with Crippen LogP contribution in [0.1, 0.15) is 44.2 Å². The summed E-state index contributed by atoms with van der Waals surface area (Å²) in [6, 6.07) is 13.3. The molecule has 6 nitrogen and oxygen atoms in total. The highest BCUT2D eigenvalue weighted by atomic mass is 35.5. The summed E-state index contributed by atoms with van der Waals surface area (Å²) in [6.45, 7) is 6.30. The van der Waals surface area contributed by atoms with Gasteiger partial charge in [-0.1, -0.05) is 62.2 Å². The molecular formula is C28H31Cl2FN4O2. The van der Waals surface area contributed by atoms with E-state index in [0.29, 0.717) is 33.3 Å². The molecule has 196 valence electrons. The van der Waals surface area contributed by atoms with E-state index in [4.69, 9.17) is 28.9 Å². The average Bonchev–Trinajstić information content (AvgIpc) is 3.15. The van der Waals surface area contributed by atoms with E-state index in [1.807, 2.05) is 12.1 Å². The first-order chi connectivity index (χ1) is 17.5. The van der Waals surface area contributed by atoms with Crippen LogP contribution in [0.5, 0.6) is 0 Å². The van der Waals surface area contributed by atoms with Crippen LogP contribution in [0.15, 0.2) is 65.6 Å². The van der Waals surface area contributed by atoms with Crippen LogP contribution in [-0.2, 0) is 10.2 Å². The fraction of sp³-hybridized carbons (Fsp3) is 0.357. The Morgan fingerprint density at radius 1 is 1.14 bits per heavy atom. The second-order valence-corrected chi connectivity index (χ2v) is 11.6. The van der Waals surface area contributed by atoms with Crippen molar-refractivity contribution in [3.63, 3.8) is 0 Å². The first-order valence-electron chi connectivity index (χ1n) is 12.1. The van der Waals surface area contributed by atoms with Gasteiger partial charge in [-0.3, -0.25) is 9.59 Å². The fourth-order valence-corrected chi connectivity index (χ4v) is 5.96. The molecule has 37 heavy (non-hydrogen) atoms. The van der Waals surface area contributed by atoms with Gasteiger partial charge in [0, 0.05) is 46.2 Å². The van der Waals surface area contributed by atoms with Crippen molar-refractivity contribution >= 4 is 34.8 Å². The van der Waals surface area contributed by atoms with Crippen molar-refractivity contribution in [3.05, 3.63) is 98.1 Å². The molecule has 1 aliphatic rings. The van der Waals surface area contributed by atoms with Gasteiger partial charge in [0.15, 0.2) is 0 Å². The van der Waals surface area contributed by atoms with Crippen molar-refractivity contribution in [2.24, 2.45) is 11.1 Å². The van der Waals surface area contributed by atoms with Crippen molar-refractivity contribution in [1.29, 1.82) is 0 Å². The molecule has 4 rings (SSSR count). The summed E-state index contributed by atoms with van der Waals surface area (Å²) in [4.78, 5) is 27.9. The van der Waals surface area contributed by atoms with Gasteiger partial charge in [0.25, 0.3) is 0 Å². The lowest BCUT2D eigenvalue weighted by Crippen LogP contribution is -2.50. The summed E-state index contributed by atoms with van der Waals surface area (Å²) < 4.78 is 15.7. The smallest absolute Gasteiger partial charge is 0.248 e. The third kappa shape index (κ3) is 5.46. The average molecular weight is 545 g/mol. The van der Waals surface area contributed by atoms with E-state index < -0.39 is 29.2 Å². The second kappa shape index (κ2) is 10.6. The highest BCUT2D eigenvalue weighted by Gasteiger charge is 2.59. The lowest BCUT2D eigenvalue weighted by molar-refractivity contribution is -0.118. The van der Waals surface area contributed by atoms with Gasteiger partial charge in [-0.25, -0.2) is 4.39 Å². The molecular weight excluding hydrogens is 514 g/mol. The van der Waals surface area contributed by atoms with Gasteiger partial charge in [0.1, 0.15) is 5.82 Å². The molecule has 5 N–H and O–H groups in total. The maximum Gasteiger partial charge on any atom is 0.248 e. The monoisotopic (exact) mass is 544 g/mol. The number of aromatic nitrogens is 1. The van der Waals surface area contributed by atoms with E-state index in [9.17, 15) is 9.59 Å². The lowest BCUT2D eigenvalue weighted by Gasteiger charge is -2.42. The van der Waals surface area contributed by atoms with Crippen molar-refractivity contribution in [1.82, 2.24) is 10.3 Å². The molecule has 2 heterocycles. The number of hydrogen-bond acceptors (Lipinski definition) is 4. The number of nitrogens with two attached hydrogens (primary N) is 1. The lowest BCUT2D eigenvalue weighted by atomic mass is 9.62. The Hall–Kier alpha value is -2.71. The number of hydrogen-bond donors (Lipinski definition) is 4. The number of aromatic amines is 1. The Balaban J connectivity index is 1.94. The largest absolute Gasteiger partial charge is 0.329 e. The number of carbonyl (C=O) groups excluding carboxylic acids is 1. The summed E-state index contributed by atoms with van der Waals surface area (Å²) >= 11 is 13.1. The summed E-state index contributed by atoms with van der Waals surface area (Å²) in [5.41, 5.74) is 6.51. The molecule has 1 aromatic heterocycles. The van der Waals surface area contributed by atoms with Crippen LogP contribution in [0.25, 0.3) is 0 Å². The van der Waals surface area contributed by atoms with Crippen molar-refractivity contribution < 1.29 is 9.18 Å². The van der Waals surface area contributed by atoms with E-state index in [-0.39, 0.29) is 23.4 Å². The number of carbonyl (C=O) groups is 1. The molecule has 2 aromatic carbocycles. The summed E-state index contributed by atoms with van der Waals surface area (Å²) in [7, 11) is 0. The SMILES string of the molecule is CC(C)(C)C[C@@H]1N[C@@H](C(=O)Nc2ccc(=O)[nH]c2)[C@H](c2ccccc2Cl)[C@@]1(CN)c1cc(Cl)ccc1F. The van der Waals surface area contributed by atoms with Gasteiger partial charge < -0.3 is 21.4 Å². The van der Waals surface area contributed by atoms with E-state index >= 15 is 4.39 Å². The molecule has 0 unspecified atom stereocenters. The molecule has 1 fully saturated rings. The molecule has 0 saturated carbocycles. The van der Waals surface area contributed by atoms with E-state index in [2.05, 4.69) is 36.4 Å². The predicted molar refractivity (Wildman–Crippen MR) is 147 cm³/mol. The Morgan fingerprint density at radius 3 is 2.49 bits per heavy atom. The molecule has 1 saturated heterocycles. The van der Waals surface area contributed by atoms with Gasteiger partial charge in [0.05, 0.1) is 11.7 Å². The Kier molecular flexibility index (Phi) is 7.81. The minimum atomic E-state index is -1.06. The fourth-order valence-electron chi connectivity index (χ4n) is 5.54. The van der Waals surface area contributed by atoms with Crippen molar-refractivity contribution in [2.75, 3.05) is 11.9 Å². The van der Waals surface area contributed by atoms with Crippen LogP contribution >= 0.6 is 23.2 Å². The van der Waals surface area contributed by atoms with Crippen molar-refractivity contribution in [2.45, 2.75) is 50.6 Å². The summed E-state index contributed by atoms with van der Waals surface area (Å²) in [5, 5.41) is 7.21. The quantitative estimate of drug-likeness (QED) is 0.342. The van der Waals surface area contributed by atoms with Crippen LogP contribution in [-0.4, -0.2) is 29.5 Å². The van der Waals surface area contributed by atoms with Gasteiger partial charge in [0.2, 0.25) is 11.5 Å². The summed E-state index contributed by atoms with van der Waals surface area (Å²) in [5.74, 6) is -1.43. The van der Waals surface area contributed by atoms with Crippen LogP contribution in [0, 0.1) is 11.2 Å². The number of pyridine rings is 1. The molecule has 0 bridgehead atoms. The van der Waals surface area contributed by atoms with Crippen LogP contribution in [0.4, 0.5) is 10.1 Å². The van der Waals surface area contributed by atoms with Crippen LogP contribution in [0.2, 0.25) is 10.0 Å². The number of halogens is 3. The number of rotatable bonds is 6. The maximum atomic E-state index is 15.7. The molecule has 0 spiro atoms. The number of benzene rings is 2. The number of amides is 1. The molecule has 9 heteroatoms. The summed E-state index contributed by atoms with van der Waals surface area (Å²) in [6.07, 6.45) is 2.03. The normalized spacial score (nSPS) is 23.7. The van der Waals surface area contributed by atoms with Gasteiger partial charge in [-0.15, -0.1) is 0 Å². The molecule has 3 aromatic rings. The molecule has 0 radical (unpaired) electrons. The van der Waals surface area contributed by atoms with Crippen molar-refractivity contribution in [3.8, 4) is 0 Å². The number of anilines is 1. The third-order valence-electron chi connectivity index (χ3n) is 7.05. The predicted octanol–water partition coefficient (Wildman–Crippen LogP) is 5.22. The third-order valence-corrected chi connectivity index (χ3v) is 7.63. The first kappa shape index (κ1) is 27.3. The topological polar surface area (TPSA) is 100 Å². The molecule has 4 atom stereocenters. The Labute approximate surface area is 225 Å². The maximum absolute atomic E-state index is 15.7. The molecule has 1 amide bonds. The van der Waals surface area contributed by atoms with Crippen LogP contribution < -0.4 is 21.9 Å². The second-order valence-electron chi connectivity index (χ2n) is 10.8. The zero-order valence-corrected chi connectivity index (χ0v) is 22.5. The highest BCUT2D eigenvalue weighted by Crippen LogP contribution is 2.53.